The first-order valence-electron chi connectivity index (χ1n) is 6.46. The summed E-state index contributed by atoms with van der Waals surface area (Å²) in [4.78, 5) is 0.0729. The van der Waals surface area contributed by atoms with Crippen LogP contribution in [-0.2, 0) is 4.74 Å². The second-order valence-electron chi connectivity index (χ2n) is 4.58. The van der Waals surface area contributed by atoms with Gasteiger partial charge in [-0.3, -0.25) is 0 Å². The Bertz CT molecular complexity index is 424. The highest BCUT2D eigenvalue weighted by Crippen LogP contribution is 2.18. The van der Waals surface area contributed by atoms with Crippen LogP contribution in [0.4, 0.5) is 10.1 Å². The van der Waals surface area contributed by atoms with E-state index in [0.29, 0.717) is 5.69 Å². The van der Waals surface area contributed by atoms with Crippen LogP contribution < -0.4 is 11.1 Å². The molecule has 0 unspecified atom stereocenters. The van der Waals surface area contributed by atoms with Gasteiger partial charge in [-0.15, -0.1) is 0 Å². The van der Waals surface area contributed by atoms with E-state index in [-0.39, 0.29) is 22.5 Å². The Labute approximate surface area is 119 Å². The monoisotopic (exact) mass is 284 g/mol. The molecular formula is C14H21FN2OS. The number of unbranched alkanes of at least 4 members (excludes halogenated alkanes) is 1. The second-order valence-corrected chi connectivity index (χ2v) is 5.02. The molecule has 1 aromatic rings. The number of benzene rings is 1. The number of hydrogen-bond acceptors (Lipinski definition) is 3. The molecule has 0 aromatic heterocycles. The lowest BCUT2D eigenvalue weighted by atomic mass is 10.1. The zero-order valence-electron chi connectivity index (χ0n) is 11.4. The van der Waals surface area contributed by atoms with Gasteiger partial charge in [-0.2, -0.15) is 0 Å². The topological polar surface area (TPSA) is 47.3 Å². The highest BCUT2D eigenvalue weighted by atomic mass is 32.1. The average molecular weight is 284 g/mol. The van der Waals surface area contributed by atoms with Gasteiger partial charge in [0, 0.05) is 18.8 Å². The standard InChI is InChI=1S/C14H21FN2OS/c1-10(2)18-9-4-3-8-17-12-7-5-6-11(15)13(12)14(16)19/h5-7,10,17H,3-4,8-9H2,1-2H3,(H2,16,19). The lowest BCUT2D eigenvalue weighted by Gasteiger charge is -2.12. The number of halogens is 1. The number of ether oxygens (including phenoxy) is 1. The fourth-order valence-electron chi connectivity index (χ4n) is 1.69. The van der Waals surface area contributed by atoms with Crippen molar-refractivity contribution in [2.24, 2.45) is 5.73 Å². The number of anilines is 1. The van der Waals surface area contributed by atoms with E-state index in [1.807, 2.05) is 13.8 Å². The van der Waals surface area contributed by atoms with Crippen molar-refractivity contribution in [3.8, 4) is 0 Å². The molecule has 0 spiro atoms. The van der Waals surface area contributed by atoms with Crippen LogP contribution in [0.15, 0.2) is 18.2 Å². The zero-order chi connectivity index (χ0) is 14.3. The molecule has 3 N–H and O–H groups in total. The Hall–Kier alpha value is -1.20. The van der Waals surface area contributed by atoms with Crippen LogP contribution in [0.1, 0.15) is 32.3 Å². The molecule has 5 heteroatoms. The van der Waals surface area contributed by atoms with Gasteiger partial charge in [0.05, 0.1) is 11.7 Å². The van der Waals surface area contributed by atoms with Crippen molar-refractivity contribution in [3.05, 3.63) is 29.6 Å². The second kappa shape index (κ2) is 8.07. The van der Waals surface area contributed by atoms with Crippen LogP contribution >= 0.6 is 12.2 Å². The van der Waals surface area contributed by atoms with Crippen molar-refractivity contribution in [1.82, 2.24) is 0 Å². The van der Waals surface area contributed by atoms with Crippen LogP contribution in [0.2, 0.25) is 0 Å². The van der Waals surface area contributed by atoms with Crippen molar-refractivity contribution in [2.75, 3.05) is 18.5 Å². The minimum atomic E-state index is -0.388. The molecule has 1 rings (SSSR count). The summed E-state index contributed by atoms with van der Waals surface area (Å²) in [5, 5.41) is 3.16. The normalized spacial score (nSPS) is 10.7. The number of nitrogens with one attached hydrogen (secondary N) is 1. The maximum atomic E-state index is 13.6. The first-order valence-corrected chi connectivity index (χ1v) is 6.87. The molecule has 0 atom stereocenters. The minimum absolute atomic E-state index is 0.0729. The van der Waals surface area contributed by atoms with Crippen molar-refractivity contribution in [3.63, 3.8) is 0 Å². The predicted octanol–water partition coefficient (Wildman–Crippen LogP) is 3.08. The van der Waals surface area contributed by atoms with Gasteiger partial charge < -0.3 is 15.8 Å². The van der Waals surface area contributed by atoms with Gasteiger partial charge in [-0.05, 0) is 38.8 Å². The number of nitrogens with two attached hydrogens (primary N) is 1. The first-order chi connectivity index (χ1) is 9.02. The van der Waals surface area contributed by atoms with Crippen molar-refractivity contribution >= 4 is 22.9 Å². The molecule has 0 fully saturated rings. The molecule has 0 amide bonds. The fraction of sp³-hybridized carbons (Fsp3) is 0.500. The molecule has 0 aliphatic carbocycles. The molecule has 19 heavy (non-hydrogen) atoms. The quantitative estimate of drug-likeness (QED) is 0.569. The predicted molar refractivity (Wildman–Crippen MR) is 81.1 cm³/mol. The lowest BCUT2D eigenvalue weighted by Crippen LogP contribution is -2.16. The molecule has 1 aromatic carbocycles. The van der Waals surface area contributed by atoms with Crippen LogP contribution in [0.5, 0.6) is 0 Å². The molecule has 0 saturated carbocycles. The van der Waals surface area contributed by atoms with E-state index in [4.69, 9.17) is 22.7 Å². The smallest absolute Gasteiger partial charge is 0.135 e. The third-order valence-corrected chi connectivity index (χ3v) is 2.80. The lowest BCUT2D eigenvalue weighted by molar-refractivity contribution is 0.0765. The fourth-order valence-corrected chi connectivity index (χ4v) is 1.90. The van der Waals surface area contributed by atoms with Crippen molar-refractivity contribution < 1.29 is 9.13 Å². The summed E-state index contributed by atoms with van der Waals surface area (Å²) >= 11 is 4.86. The molecule has 0 aliphatic rings. The Kier molecular flexibility index (Phi) is 6.73. The third kappa shape index (κ3) is 5.53. The minimum Gasteiger partial charge on any atom is -0.389 e. The van der Waals surface area contributed by atoms with Gasteiger partial charge in [0.25, 0.3) is 0 Å². The molecule has 0 aliphatic heterocycles. The molecule has 0 bridgehead atoms. The van der Waals surface area contributed by atoms with E-state index >= 15 is 0 Å². The van der Waals surface area contributed by atoms with E-state index in [9.17, 15) is 4.39 Å². The average Bonchev–Trinajstić information content (AvgIpc) is 2.32. The van der Waals surface area contributed by atoms with E-state index in [2.05, 4.69) is 5.32 Å². The van der Waals surface area contributed by atoms with Crippen LogP contribution in [0, 0.1) is 5.82 Å². The van der Waals surface area contributed by atoms with Gasteiger partial charge in [0.1, 0.15) is 10.8 Å². The van der Waals surface area contributed by atoms with E-state index < -0.39 is 0 Å². The Balaban J connectivity index is 2.41. The van der Waals surface area contributed by atoms with Crippen LogP contribution in [0.25, 0.3) is 0 Å². The van der Waals surface area contributed by atoms with Crippen molar-refractivity contribution in [2.45, 2.75) is 32.8 Å². The SMILES string of the molecule is CC(C)OCCCCNc1cccc(F)c1C(N)=S. The Morgan fingerprint density at radius 2 is 2.16 bits per heavy atom. The molecule has 0 heterocycles. The van der Waals surface area contributed by atoms with Crippen molar-refractivity contribution in [1.29, 1.82) is 0 Å². The summed E-state index contributed by atoms with van der Waals surface area (Å²) < 4.78 is 19.0. The molecular weight excluding hydrogens is 263 g/mol. The maximum absolute atomic E-state index is 13.6. The highest BCUT2D eigenvalue weighted by Gasteiger charge is 2.10. The van der Waals surface area contributed by atoms with E-state index in [1.54, 1.807) is 12.1 Å². The summed E-state index contributed by atoms with van der Waals surface area (Å²) in [6.07, 6.45) is 2.17. The number of rotatable bonds is 8. The number of thiocarbonyl (C=S) groups is 1. The first kappa shape index (κ1) is 15.9. The van der Waals surface area contributed by atoms with Crippen LogP contribution in [0.3, 0.4) is 0 Å². The van der Waals surface area contributed by atoms with Gasteiger partial charge in [-0.25, -0.2) is 4.39 Å². The molecule has 0 saturated heterocycles. The molecule has 3 nitrogen and oxygen atoms in total. The zero-order valence-corrected chi connectivity index (χ0v) is 12.2. The van der Waals surface area contributed by atoms with E-state index in [0.717, 1.165) is 26.0 Å². The Morgan fingerprint density at radius 3 is 2.79 bits per heavy atom. The van der Waals surface area contributed by atoms with Gasteiger partial charge in [-0.1, -0.05) is 18.3 Å². The maximum Gasteiger partial charge on any atom is 0.135 e. The van der Waals surface area contributed by atoms with Crippen LogP contribution in [-0.4, -0.2) is 24.2 Å². The molecule has 0 radical (unpaired) electrons. The summed E-state index contributed by atoms with van der Waals surface area (Å²) in [6.45, 7) is 5.50. The Morgan fingerprint density at radius 1 is 1.42 bits per heavy atom. The van der Waals surface area contributed by atoms with Gasteiger partial charge in [0.2, 0.25) is 0 Å². The molecule has 106 valence electrons. The summed E-state index contributed by atoms with van der Waals surface area (Å²) in [6, 6.07) is 4.78. The highest BCUT2D eigenvalue weighted by molar-refractivity contribution is 7.80. The summed E-state index contributed by atoms with van der Waals surface area (Å²) in [5.74, 6) is -0.388. The van der Waals surface area contributed by atoms with Gasteiger partial charge >= 0.3 is 0 Å². The summed E-state index contributed by atoms with van der Waals surface area (Å²) in [7, 11) is 0. The largest absolute Gasteiger partial charge is 0.389 e. The summed E-state index contributed by atoms with van der Waals surface area (Å²) in [5.41, 5.74) is 6.47. The van der Waals surface area contributed by atoms with E-state index in [1.165, 1.54) is 6.07 Å². The third-order valence-electron chi connectivity index (χ3n) is 2.60. The van der Waals surface area contributed by atoms with Gasteiger partial charge in [0.15, 0.2) is 0 Å². The number of hydrogen-bond donors (Lipinski definition) is 2.